The number of aryl methyl sites for hydroxylation is 2. The molecule has 0 spiro atoms. The molecule has 1 aliphatic rings. The number of aromatic nitrogens is 2. The van der Waals surface area contributed by atoms with Crippen LogP contribution in [0.4, 0.5) is 4.79 Å². The number of carbonyl (C=O) groups is 2. The SMILES string of the molecule is Cc1sc2nc(SCC(=O)NC(=O)NCC(C)C)n(C3CCCC3)c(=O)c2c1C. The Hall–Kier alpha value is -1.87. The number of amides is 3. The second-order valence-electron chi connectivity index (χ2n) is 7.91. The van der Waals surface area contributed by atoms with E-state index in [0.29, 0.717) is 23.0 Å². The van der Waals surface area contributed by atoms with Crippen molar-refractivity contribution < 1.29 is 9.59 Å². The van der Waals surface area contributed by atoms with Crippen LogP contribution in [-0.4, -0.2) is 33.8 Å². The van der Waals surface area contributed by atoms with Gasteiger partial charge in [-0.05, 0) is 38.2 Å². The van der Waals surface area contributed by atoms with Crippen LogP contribution in [0, 0.1) is 19.8 Å². The fourth-order valence-electron chi connectivity index (χ4n) is 3.51. The second kappa shape index (κ2) is 9.30. The number of hydrogen-bond acceptors (Lipinski definition) is 6. The molecule has 158 valence electrons. The lowest BCUT2D eigenvalue weighted by atomic mass is 10.2. The van der Waals surface area contributed by atoms with Gasteiger partial charge in [0.05, 0.1) is 11.1 Å². The standard InChI is InChI=1S/C20H28N4O3S2/c1-11(2)9-21-19(27)22-15(25)10-28-20-23-17-16(12(3)13(4)29-17)18(26)24(20)14-7-5-6-8-14/h11,14H,5-10H2,1-4H3,(H2,21,22,25,27). The zero-order valence-corrected chi connectivity index (χ0v) is 19.0. The number of thioether (sulfide) groups is 1. The maximum Gasteiger partial charge on any atom is 0.321 e. The molecule has 0 unspecified atom stereocenters. The molecule has 3 amide bonds. The zero-order chi connectivity index (χ0) is 21.1. The van der Waals surface area contributed by atoms with Crippen LogP contribution in [0.5, 0.6) is 0 Å². The van der Waals surface area contributed by atoms with Crippen molar-refractivity contribution in [1.29, 1.82) is 0 Å². The third-order valence-corrected chi connectivity index (χ3v) is 7.20. The van der Waals surface area contributed by atoms with Gasteiger partial charge in [-0.3, -0.25) is 19.5 Å². The van der Waals surface area contributed by atoms with Crippen LogP contribution in [0.1, 0.15) is 56.0 Å². The van der Waals surface area contributed by atoms with Gasteiger partial charge in [0.1, 0.15) is 4.83 Å². The lowest BCUT2D eigenvalue weighted by Gasteiger charge is -2.18. The Labute approximate surface area is 178 Å². The molecule has 1 aliphatic carbocycles. The number of carbonyl (C=O) groups excluding carboxylic acids is 2. The smallest absolute Gasteiger partial charge is 0.321 e. The topological polar surface area (TPSA) is 93.1 Å². The first-order valence-electron chi connectivity index (χ1n) is 10.0. The molecule has 29 heavy (non-hydrogen) atoms. The van der Waals surface area contributed by atoms with Gasteiger partial charge < -0.3 is 5.32 Å². The minimum absolute atomic E-state index is 0.0127. The summed E-state index contributed by atoms with van der Waals surface area (Å²) >= 11 is 2.73. The van der Waals surface area contributed by atoms with Gasteiger partial charge in [0.15, 0.2) is 5.16 Å². The van der Waals surface area contributed by atoms with Crippen LogP contribution >= 0.6 is 23.1 Å². The van der Waals surface area contributed by atoms with Crippen molar-refractivity contribution in [3.8, 4) is 0 Å². The molecule has 0 saturated heterocycles. The number of fused-ring (bicyclic) bond motifs is 1. The molecule has 2 aromatic heterocycles. The summed E-state index contributed by atoms with van der Waals surface area (Å²) in [6.07, 6.45) is 4.09. The van der Waals surface area contributed by atoms with Gasteiger partial charge in [0, 0.05) is 17.5 Å². The molecule has 0 aromatic carbocycles. The molecule has 9 heteroatoms. The molecule has 1 fully saturated rings. The minimum atomic E-state index is -0.495. The fraction of sp³-hybridized carbons (Fsp3) is 0.600. The Morgan fingerprint density at radius 3 is 2.62 bits per heavy atom. The van der Waals surface area contributed by atoms with Crippen molar-refractivity contribution in [1.82, 2.24) is 20.2 Å². The highest BCUT2D eigenvalue weighted by molar-refractivity contribution is 7.99. The maximum absolute atomic E-state index is 13.3. The Morgan fingerprint density at radius 1 is 1.28 bits per heavy atom. The Balaban J connectivity index is 1.81. The van der Waals surface area contributed by atoms with Crippen LogP contribution < -0.4 is 16.2 Å². The van der Waals surface area contributed by atoms with Gasteiger partial charge in [-0.25, -0.2) is 9.78 Å². The van der Waals surface area contributed by atoms with Crippen LogP contribution in [-0.2, 0) is 4.79 Å². The van der Waals surface area contributed by atoms with Gasteiger partial charge >= 0.3 is 6.03 Å². The Morgan fingerprint density at radius 2 is 1.97 bits per heavy atom. The quantitative estimate of drug-likeness (QED) is 0.531. The molecule has 2 heterocycles. The summed E-state index contributed by atoms with van der Waals surface area (Å²) in [5.41, 5.74) is 0.978. The first-order valence-corrected chi connectivity index (χ1v) is 11.8. The molecule has 0 atom stereocenters. The molecule has 2 aromatic rings. The van der Waals surface area contributed by atoms with Crippen LogP contribution in [0.2, 0.25) is 0 Å². The van der Waals surface area contributed by atoms with Crippen molar-refractivity contribution >= 4 is 45.3 Å². The summed E-state index contributed by atoms with van der Waals surface area (Å²) < 4.78 is 1.78. The average Bonchev–Trinajstić information content (AvgIpc) is 3.27. The van der Waals surface area contributed by atoms with E-state index in [9.17, 15) is 14.4 Å². The summed E-state index contributed by atoms with van der Waals surface area (Å²) in [5, 5.41) is 6.26. The van der Waals surface area contributed by atoms with Gasteiger partial charge in [0.2, 0.25) is 5.91 Å². The summed E-state index contributed by atoms with van der Waals surface area (Å²) in [5.74, 6) is -0.0647. The highest BCUT2D eigenvalue weighted by Gasteiger charge is 2.25. The van der Waals surface area contributed by atoms with Crippen LogP contribution in [0.15, 0.2) is 9.95 Å². The fourth-order valence-corrected chi connectivity index (χ4v) is 5.44. The van der Waals surface area contributed by atoms with Crippen molar-refractivity contribution in [3.63, 3.8) is 0 Å². The van der Waals surface area contributed by atoms with Gasteiger partial charge in [0.25, 0.3) is 5.56 Å². The predicted molar refractivity (Wildman–Crippen MR) is 118 cm³/mol. The van der Waals surface area contributed by atoms with Crippen molar-refractivity contribution in [2.45, 2.75) is 64.6 Å². The molecule has 0 aliphatic heterocycles. The third-order valence-electron chi connectivity index (χ3n) is 5.15. The number of hydrogen-bond donors (Lipinski definition) is 2. The predicted octanol–water partition coefficient (Wildman–Crippen LogP) is 3.76. The molecular formula is C20H28N4O3S2. The largest absolute Gasteiger partial charge is 0.338 e. The van der Waals surface area contributed by atoms with E-state index in [2.05, 4.69) is 10.6 Å². The van der Waals surface area contributed by atoms with Gasteiger partial charge in [-0.15, -0.1) is 11.3 Å². The molecule has 0 bridgehead atoms. The highest BCUT2D eigenvalue weighted by Crippen LogP contribution is 2.34. The number of imide groups is 1. The van der Waals surface area contributed by atoms with E-state index in [4.69, 9.17) is 4.98 Å². The summed E-state index contributed by atoms with van der Waals surface area (Å²) in [6.45, 7) is 8.43. The number of nitrogens with one attached hydrogen (secondary N) is 2. The monoisotopic (exact) mass is 436 g/mol. The maximum atomic E-state index is 13.3. The number of urea groups is 1. The van der Waals surface area contributed by atoms with Crippen LogP contribution in [0.3, 0.4) is 0 Å². The second-order valence-corrected chi connectivity index (χ2v) is 10.1. The molecule has 2 N–H and O–H groups in total. The van der Waals surface area contributed by atoms with Gasteiger partial charge in [-0.1, -0.05) is 38.5 Å². The van der Waals surface area contributed by atoms with Crippen LogP contribution in [0.25, 0.3) is 10.2 Å². The lowest BCUT2D eigenvalue weighted by molar-refractivity contribution is -0.117. The summed E-state index contributed by atoms with van der Waals surface area (Å²) in [6, 6.07) is -0.371. The van der Waals surface area contributed by atoms with Crippen molar-refractivity contribution in [3.05, 3.63) is 20.8 Å². The molecule has 1 saturated carbocycles. The normalized spacial score (nSPS) is 14.7. The Kier molecular flexibility index (Phi) is 7.00. The lowest BCUT2D eigenvalue weighted by Crippen LogP contribution is -2.41. The first-order chi connectivity index (χ1) is 13.8. The van der Waals surface area contributed by atoms with E-state index < -0.39 is 11.9 Å². The van der Waals surface area contributed by atoms with Crippen molar-refractivity contribution in [2.24, 2.45) is 5.92 Å². The number of rotatable bonds is 6. The molecule has 7 nitrogen and oxygen atoms in total. The van der Waals surface area contributed by atoms with E-state index in [1.54, 1.807) is 4.57 Å². The van der Waals surface area contributed by atoms with E-state index in [-0.39, 0.29) is 17.4 Å². The van der Waals surface area contributed by atoms with E-state index in [1.807, 2.05) is 27.7 Å². The summed E-state index contributed by atoms with van der Waals surface area (Å²) in [7, 11) is 0. The number of nitrogens with zero attached hydrogens (tertiary/aromatic N) is 2. The molecule has 3 rings (SSSR count). The zero-order valence-electron chi connectivity index (χ0n) is 17.3. The molecular weight excluding hydrogens is 408 g/mol. The Bertz CT molecular complexity index is 974. The van der Waals surface area contributed by atoms with Crippen molar-refractivity contribution in [2.75, 3.05) is 12.3 Å². The van der Waals surface area contributed by atoms with E-state index in [1.165, 1.54) is 23.1 Å². The number of thiophene rings is 1. The van der Waals surface area contributed by atoms with E-state index >= 15 is 0 Å². The summed E-state index contributed by atoms with van der Waals surface area (Å²) in [4.78, 5) is 43.8. The highest BCUT2D eigenvalue weighted by atomic mass is 32.2. The third kappa shape index (κ3) is 5.01. The first kappa shape index (κ1) is 21.8. The minimum Gasteiger partial charge on any atom is -0.338 e. The van der Waals surface area contributed by atoms with E-state index in [0.717, 1.165) is 41.0 Å². The molecule has 0 radical (unpaired) electrons. The average molecular weight is 437 g/mol. The van der Waals surface area contributed by atoms with Gasteiger partial charge in [-0.2, -0.15) is 0 Å².